The SMILES string of the molecule is COc1cc(Cl)c(NCc2cnco2)cc1OC. The van der Waals surface area contributed by atoms with E-state index in [1.807, 2.05) is 0 Å². The molecule has 6 heteroatoms. The number of hydrogen-bond donors (Lipinski definition) is 1. The molecule has 2 rings (SSSR count). The van der Waals surface area contributed by atoms with Gasteiger partial charge in [0.15, 0.2) is 17.9 Å². The molecule has 0 aliphatic rings. The van der Waals surface area contributed by atoms with Gasteiger partial charge >= 0.3 is 0 Å². The van der Waals surface area contributed by atoms with Crippen LogP contribution in [0, 0.1) is 0 Å². The standard InChI is InChI=1S/C12H13ClN2O3/c1-16-11-3-9(13)10(4-12(11)17-2)15-6-8-5-14-7-18-8/h3-5,7,15H,6H2,1-2H3. The van der Waals surface area contributed by atoms with E-state index in [0.29, 0.717) is 23.1 Å². The normalized spacial score (nSPS) is 10.2. The summed E-state index contributed by atoms with van der Waals surface area (Å²) in [5.74, 6) is 1.93. The van der Waals surface area contributed by atoms with Gasteiger partial charge in [-0.15, -0.1) is 0 Å². The second kappa shape index (κ2) is 5.64. The lowest BCUT2D eigenvalue weighted by Crippen LogP contribution is -2.00. The van der Waals surface area contributed by atoms with Crippen molar-refractivity contribution in [2.24, 2.45) is 0 Å². The first-order chi connectivity index (χ1) is 8.74. The number of anilines is 1. The number of methoxy groups -OCH3 is 2. The fourth-order valence-corrected chi connectivity index (χ4v) is 1.72. The average Bonchev–Trinajstić information content (AvgIpc) is 2.90. The molecule has 2 aromatic rings. The van der Waals surface area contributed by atoms with Gasteiger partial charge < -0.3 is 19.2 Å². The Morgan fingerprint density at radius 3 is 2.61 bits per heavy atom. The van der Waals surface area contributed by atoms with Gasteiger partial charge in [0.1, 0.15) is 5.76 Å². The maximum atomic E-state index is 6.13. The topological polar surface area (TPSA) is 56.5 Å². The molecule has 0 amide bonds. The molecule has 0 spiro atoms. The number of aromatic nitrogens is 1. The van der Waals surface area contributed by atoms with E-state index >= 15 is 0 Å². The predicted octanol–water partition coefficient (Wildman–Crippen LogP) is 2.96. The van der Waals surface area contributed by atoms with Gasteiger partial charge in [0.2, 0.25) is 0 Å². The maximum Gasteiger partial charge on any atom is 0.180 e. The lowest BCUT2D eigenvalue weighted by Gasteiger charge is -2.12. The van der Waals surface area contributed by atoms with Crippen molar-refractivity contribution < 1.29 is 13.9 Å². The number of nitrogens with one attached hydrogen (secondary N) is 1. The van der Waals surface area contributed by atoms with Gasteiger partial charge in [-0.25, -0.2) is 4.98 Å². The van der Waals surface area contributed by atoms with Gasteiger partial charge in [0.25, 0.3) is 0 Å². The molecule has 96 valence electrons. The van der Waals surface area contributed by atoms with Crippen LogP contribution in [0.5, 0.6) is 11.5 Å². The minimum absolute atomic E-state index is 0.495. The van der Waals surface area contributed by atoms with E-state index in [4.69, 9.17) is 25.5 Å². The summed E-state index contributed by atoms with van der Waals surface area (Å²) in [5, 5.41) is 3.69. The summed E-state index contributed by atoms with van der Waals surface area (Å²) in [6.07, 6.45) is 3.02. The highest BCUT2D eigenvalue weighted by Crippen LogP contribution is 2.36. The summed E-state index contributed by atoms with van der Waals surface area (Å²) in [5.41, 5.74) is 0.741. The highest BCUT2D eigenvalue weighted by molar-refractivity contribution is 6.33. The smallest absolute Gasteiger partial charge is 0.180 e. The van der Waals surface area contributed by atoms with Crippen LogP contribution in [0.3, 0.4) is 0 Å². The number of oxazole rings is 1. The molecule has 1 aromatic carbocycles. The van der Waals surface area contributed by atoms with E-state index in [1.165, 1.54) is 6.39 Å². The zero-order chi connectivity index (χ0) is 13.0. The average molecular weight is 269 g/mol. The summed E-state index contributed by atoms with van der Waals surface area (Å²) in [7, 11) is 3.14. The molecule has 18 heavy (non-hydrogen) atoms. The molecule has 0 atom stereocenters. The molecular weight excluding hydrogens is 256 g/mol. The van der Waals surface area contributed by atoms with Crippen LogP contribution in [0.15, 0.2) is 29.1 Å². The van der Waals surface area contributed by atoms with Crippen molar-refractivity contribution in [2.45, 2.75) is 6.54 Å². The quantitative estimate of drug-likeness (QED) is 0.903. The zero-order valence-corrected chi connectivity index (χ0v) is 10.8. The van der Waals surface area contributed by atoms with Crippen molar-refractivity contribution in [1.82, 2.24) is 4.98 Å². The first-order valence-corrected chi connectivity index (χ1v) is 5.65. The predicted molar refractivity (Wildman–Crippen MR) is 68.4 cm³/mol. The third-order valence-electron chi connectivity index (χ3n) is 2.41. The highest BCUT2D eigenvalue weighted by atomic mass is 35.5. The Hall–Kier alpha value is -1.88. The summed E-state index contributed by atoms with van der Waals surface area (Å²) in [6.45, 7) is 0.495. The zero-order valence-electron chi connectivity index (χ0n) is 10.1. The first kappa shape index (κ1) is 12.6. The number of hydrogen-bond acceptors (Lipinski definition) is 5. The van der Waals surface area contributed by atoms with E-state index in [2.05, 4.69) is 10.3 Å². The van der Waals surface area contributed by atoms with Crippen LogP contribution < -0.4 is 14.8 Å². The Morgan fingerprint density at radius 1 is 1.28 bits per heavy atom. The lowest BCUT2D eigenvalue weighted by molar-refractivity contribution is 0.355. The molecule has 0 aliphatic heterocycles. The number of benzene rings is 1. The van der Waals surface area contributed by atoms with Crippen LogP contribution in [0.4, 0.5) is 5.69 Å². The third kappa shape index (κ3) is 2.68. The summed E-state index contributed by atoms with van der Waals surface area (Å²) in [6, 6.07) is 3.47. The Balaban J connectivity index is 2.17. The van der Waals surface area contributed by atoms with E-state index in [0.717, 1.165) is 11.4 Å². The van der Waals surface area contributed by atoms with E-state index < -0.39 is 0 Å². The highest BCUT2D eigenvalue weighted by Gasteiger charge is 2.10. The minimum atomic E-state index is 0.495. The fourth-order valence-electron chi connectivity index (χ4n) is 1.50. The van der Waals surface area contributed by atoms with Gasteiger partial charge in [-0.2, -0.15) is 0 Å². The molecule has 1 heterocycles. The van der Waals surface area contributed by atoms with Gasteiger partial charge in [-0.05, 0) is 0 Å². The largest absolute Gasteiger partial charge is 0.493 e. The van der Waals surface area contributed by atoms with Crippen molar-refractivity contribution in [3.8, 4) is 11.5 Å². The van der Waals surface area contributed by atoms with Gasteiger partial charge in [0, 0.05) is 12.1 Å². The van der Waals surface area contributed by atoms with Crippen LogP contribution in [-0.2, 0) is 6.54 Å². The van der Waals surface area contributed by atoms with Crippen molar-refractivity contribution in [2.75, 3.05) is 19.5 Å². The van der Waals surface area contributed by atoms with Crippen LogP contribution >= 0.6 is 11.6 Å². The Kier molecular flexibility index (Phi) is 3.94. The van der Waals surface area contributed by atoms with E-state index in [-0.39, 0.29) is 0 Å². The maximum absolute atomic E-state index is 6.13. The third-order valence-corrected chi connectivity index (χ3v) is 2.72. The van der Waals surface area contributed by atoms with Crippen LogP contribution in [0.25, 0.3) is 0 Å². The summed E-state index contributed by atoms with van der Waals surface area (Å²) in [4.78, 5) is 3.83. The second-order valence-electron chi connectivity index (χ2n) is 3.51. The molecule has 0 aliphatic carbocycles. The Bertz CT molecular complexity index is 514. The van der Waals surface area contributed by atoms with Crippen LogP contribution in [-0.4, -0.2) is 19.2 Å². The number of ether oxygens (including phenoxy) is 2. The lowest BCUT2D eigenvalue weighted by atomic mass is 10.2. The molecule has 5 nitrogen and oxygen atoms in total. The van der Waals surface area contributed by atoms with Gasteiger partial charge in [-0.1, -0.05) is 11.6 Å². The molecule has 0 saturated heterocycles. The van der Waals surface area contributed by atoms with Crippen molar-refractivity contribution in [3.05, 3.63) is 35.5 Å². The molecular formula is C12H13ClN2O3. The molecule has 0 fully saturated rings. The second-order valence-corrected chi connectivity index (χ2v) is 3.92. The fraction of sp³-hybridized carbons (Fsp3) is 0.250. The van der Waals surface area contributed by atoms with E-state index in [1.54, 1.807) is 32.5 Å². The molecule has 1 N–H and O–H groups in total. The molecule has 1 aromatic heterocycles. The van der Waals surface area contributed by atoms with Crippen LogP contribution in [0.2, 0.25) is 5.02 Å². The Morgan fingerprint density at radius 2 is 2.00 bits per heavy atom. The minimum Gasteiger partial charge on any atom is -0.493 e. The number of rotatable bonds is 5. The van der Waals surface area contributed by atoms with Crippen molar-refractivity contribution >= 4 is 17.3 Å². The Labute approximate surface area is 110 Å². The van der Waals surface area contributed by atoms with Crippen molar-refractivity contribution in [1.29, 1.82) is 0 Å². The summed E-state index contributed by atoms with van der Waals surface area (Å²) < 4.78 is 15.5. The molecule has 0 saturated carbocycles. The van der Waals surface area contributed by atoms with Gasteiger partial charge in [0.05, 0.1) is 37.7 Å². The first-order valence-electron chi connectivity index (χ1n) is 5.27. The number of halogens is 1. The monoisotopic (exact) mass is 268 g/mol. The van der Waals surface area contributed by atoms with Gasteiger partial charge in [-0.3, -0.25) is 0 Å². The summed E-state index contributed by atoms with van der Waals surface area (Å²) >= 11 is 6.13. The van der Waals surface area contributed by atoms with E-state index in [9.17, 15) is 0 Å². The van der Waals surface area contributed by atoms with Crippen molar-refractivity contribution in [3.63, 3.8) is 0 Å². The molecule has 0 unspecified atom stereocenters. The molecule has 0 bridgehead atoms. The molecule has 0 radical (unpaired) electrons. The number of nitrogens with zero attached hydrogens (tertiary/aromatic N) is 1. The van der Waals surface area contributed by atoms with Crippen LogP contribution in [0.1, 0.15) is 5.76 Å².